The number of carbonyl (C=O) groups is 3. The van der Waals surface area contributed by atoms with Crippen molar-refractivity contribution in [2.45, 2.75) is 341 Å². The van der Waals surface area contributed by atoms with Gasteiger partial charge in [0.15, 0.2) is 6.10 Å². The molecule has 0 aliphatic rings. The number of carbonyl (C=O) groups excluding carboxylic acids is 3. The highest BCUT2D eigenvalue weighted by Crippen LogP contribution is 2.17. The van der Waals surface area contributed by atoms with Crippen LogP contribution in [-0.2, 0) is 28.6 Å². The maximum absolute atomic E-state index is 12.9. The highest BCUT2D eigenvalue weighted by molar-refractivity contribution is 5.71. The summed E-state index contributed by atoms with van der Waals surface area (Å²) in [6.07, 6.45) is 91.8. The van der Waals surface area contributed by atoms with E-state index in [0.29, 0.717) is 19.3 Å². The smallest absolute Gasteiger partial charge is 0.306 e. The summed E-state index contributed by atoms with van der Waals surface area (Å²) in [4.78, 5) is 38.2. The molecule has 6 nitrogen and oxygen atoms in total. The Hall–Kier alpha value is -3.67. The fraction of sp³-hybridized carbons (Fsp3) is 0.743. The van der Waals surface area contributed by atoms with Crippen LogP contribution in [0.3, 0.4) is 0 Å². The molecule has 0 aliphatic carbocycles. The van der Waals surface area contributed by atoms with Crippen molar-refractivity contribution >= 4 is 17.9 Å². The molecule has 0 saturated carbocycles. The molecule has 1 atom stereocenters. The molecule has 0 aromatic heterocycles. The van der Waals surface area contributed by atoms with Crippen molar-refractivity contribution in [3.05, 3.63) is 97.2 Å². The van der Waals surface area contributed by atoms with E-state index in [0.717, 1.165) is 89.9 Å². The van der Waals surface area contributed by atoms with Crippen molar-refractivity contribution in [3.63, 3.8) is 0 Å². The van der Waals surface area contributed by atoms with Gasteiger partial charge in [-0.25, -0.2) is 0 Å². The maximum atomic E-state index is 12.9. The van der Waals surface area contributed by atoms with Crippen molar-refractivity contribution in [2.24, 2.45) is 0 Å². The van der Waals surface area contributed by atoms with Gasteiger partial charge in [0.1, 0.15) is 13.2 Å². The predicted octanol–water partition coefficient (Wildman–Crippen LogP) is 23.6. The average molecular weight is 1110 g/mol. The van der Waals surface area contributed by atoms with E-state index in [4.69, 9.17) is 14.2 Å². The van der Waals surface area contributed by atoms with Gasteiger partial charge in [-0.2, -0.15) is 0 Å². The lowest BCUT2D eigenvalue weighted by Crippen LogP contribution is -2.30. The lowest BCUT2D eigenvalue weighted by Gasteiger charge is -2.18. The molecule has 1 unspecified atom stereocenters. The Labute approximate surface area is 496 Å². The zero-order valence-electron chi connectivity index (χ0n) is 52.8. The molecule has 0 aromatic carbocycles. The molecule has 0 bridgehead atoms. The molecule has 0 amide bonds. The van der Waals surface area contributed by atoms with Crippen LogP contribution in [0.25, 0.3) is 0 Å². The quantitative estimate of drug-likeness (QED) is 0.0261. The van der Waals surface area contributed by atoms with E-state index in [9.17, 15) is 14.4 Å². The van der Waals surface area contributed by atoms with Gasteiger partial charge in [-0.15, -0.1) is 0 Å². The molecular weight excluding hydrogens is 985 g/mol. The first kappa shape index (κ1) is 76.3. The fourth-order valence-corrected chi connectivity index (χ4v) is 9.70. The molecule has 0 saturated heterocycles. The number of esters is 3. The lowest BCUT2D eigenvalue weighted by atomic mass is 10.0. The summed E-state index contributed by atoms with van der Waals surface area (Å²) >= 11 is 0. The van der Waals surface area contributed by atoms with Crippen LogP contribution in [0.4, 0.5) is 0 Å². The zero-order chi connectivity index (χ0) is 57.8. The van der Waals surface area contributed by atoms with Crippen LogP contribution in [0.15, 0.2) is 97.2 Å². The van der Waals surface area contributed by atoms with E-state index in [1.165, 1.54) is 199 Å². The second-order valence-corrected chi connectivity index (χ2v) is 22.7. The summed E-state index contributed by atoms with van der Waals surface area (Å²) in [7, 11) is 0. The van der Waals surface area contributed by atoms with E-state index in [-0.39, 0.29) is 37.5 Å². The number of allylic oxidation sites excluding steroid dienone is 16. The van der Waals surface area contributed by atoms with Gasteiger partial charge in [0.25, 0.3) is 0 Å². The second-order valence-electron chi connectivity index (χ2n) is 22.7. The normalized spacial score (nSPS) is 12.7. The summed E-state index contributed by atoms with van der Waals surface area (Å²) in [6.45, 7) is 6.47. The number of rotatable bonds is 62. The first-order chi connectivity index (χ1) is 39.5. The molecule has 460 valence electrons. The largest absolute Gasteiger partial charge is 0.462 e. The Bertz CT molecular complexity index is 1560. The molecule has 80 heavy (non-hydrogen) atoms. The minimum absolute atomic E-state index is 0.100. The van der Waals surface area contributed by atoms with E-state index >= 15 is 0 Å². The van der Waals surface area contributed by atoms with E-state index in [2.05, 4.69) is 112 Å². The molecule has 0 N–H and O–H groups in total. The van der Waals surface area contributed by atoms with Gasteiger partial charge in [0.05, 0.1) is 0 Å². The Morgan fingerprint density at radius 1 is 0.263 bits per heavy atom. The Balaban J connectivity index is 4.19. The number of ether oxygens (including phenoxy) is 3. The van der Waals surface area contributed by atoms with Crippen LogP contribution >= 0.6 is 0 Å². The third kappa shape index (κ3) is 65.1. The monoisotopic (exact) mass is 1110 g/mol. The average Bonchev–Trinajstić information content (AvgIpc) is 3.46. The summed E-state index contributed by atoms with van der Waals surface area (Å²) in [5.74, 6) is -0.983. The third-order valence-corrected chi connectivity index (χ3v) is 14.8. The van der Waals surface area contributed by atoms with E-state index < -0.39 is 6.10 Å². The van der Waals surface area contributed by atoms with Gasteiger partial charge in [0.2, 0.25) is 0 Å². The van der Waals surface area contributed by atoms with Crippen LogP contribution in [0.1, 0.15) is 335 Å². The summed E-state index contributed by atoms with van der Waals surface area (Å²) in [5, 5.41) is 0. The number of hydrogen-bond donors (Lipinski definition) is 0. The fourth-order valence-electron chi connectivity index (χ4n) is 9.70. The molecule has 0 aromatic rings. The predicted molar refractivity (Wildman–Crippen MR) is 348 cm³/mol. The summed E-state index contributed by atoms with van der Waals surface area (Å²) in [5.41, 5.74) is 0. The molecule has 0 fully saturated rings. The van der Waals surface area contributed by atoms with Gasteiger partial charge < -0.3 is 14.2 Å². The second kappa shape index (κ2) is 67.8. The number of unbranched alkanes of at least 4 members (excludes halogenated alkanes) is 35. The van der Waals surface area contributed by atoms with Gasteiger partial charge in [-0.05, 0) is 109 Å². The first-order valence-corrected chi connectivity index (χ1v) is 34.2. The zero-order valence-corrected chi connectivity index (χ0v) is 52.8. The third-order valence-electron chi connectivity index (χ3n) is 14.8. The van der Waals surface area contributed by atoms with Gasteiger partial charge in [-0.1, -0.05) is 304 Å². The van der Waals surface area contributed by atoms with Crippen LogP contribution in [-0.4, -0.2) is 37.2 Å². The van der Waals surface area contributed by atoms with Crippen LogP contribution in [0.2, 0.25) is 0 Å². The van der Waals surface area contributed by atoms with Crippen molar-refractivity contribution in [2.75, 3.05) is 13.2 Å². The Morgan fingerprint density at radius 2 is 0.512 bits per heavy atom. The van der Waals surface area contributed by atoms with Gasteiger partial charge >= 0.3 is 17.9 Å². The Morgan fingerprint density at radius 3 is 0.850 bits per heavy atom. The van der Waals surface area contributed by atoms with Crippen molar-refractivity contribution in [1.29, 1.82) is 0 Å². The molecule has 0 aliphatic heterocycles. The molecule has 0 heterocycles. The lowest BCUT2D eigenvalue weighted by molar-refractivity contribution is -0.166. The Kier molecular flexibility index (Phi) is 64.7. The molecule has 6 heteroatoms. The molecular formula is C74H128O6. The molecule has 0 rings (SSSR count). The van der Waals surface area contributed by atoms with Gasteiger partial charge in [-0.3, -0.25) is 14.4 Å². The summed E-state index contributed by atoms with van der Waals surface area (Å²) < 4.78 is 16.8. The van der Waals surface area contributed by atoms with Crippen LogP contribution < -0.4 is 0 Å². The summed E-state index contributed by atoms with van der Waals surface area (Å²) in [6, 6.07) is 0. The SMILES string of the molecule is CC/C=C\C/C=C\C/C=C\C/C=C\CCC(=O)OCC(COC(=O)CCCCCCCCCCCCCCCCCCCC/C=C\C/C=C\C/C=C\CCCCCCC)OC(=O)CCCCCCC/C=C\CCCCCCCCC. The van der Waals surface area contributed by atoms with E-state index in [1.54, 1.807) is 0 Å². The standard InChI is InChI=1S/C74H128O6/c1-4-7-10-13-16-19-22-25-27-29-30-31-32-33-34-35-36-37-38-39-40-41-42-43-44-45-47-49-52-55-58-61-64-67-73(76)79-70-71(69-78-72(75)66-63-60-57-54-51-48-24-21-18-15-12-9-6-3)80-74(77)68-65-62-59-56-53-50-46-28-26-23-20-17-14-11-8-5-2/h9,12,18,21-22,25,28-30,32-33,46,48,51,57,60,71H,4-8,10-11,13-17,19-20,23-24,26-27,31,34-45,47,49-50,52-56,58-59,61-70H2,1-3H3/b12-9-,21-18-,25-22-,30-29-,33-32-,46-28-,51-48-,60-57-. The van der Waals surface area contributed by atoms with Crippen molar-refractivity contribution < 1.29 is 28.6 Å². The highest BCUT2D eigenvalue weighted by Gasteiger charge is 2.19. The minimum atomic E-state index is -0.810. The first-order valence-electron chi connectivity index (χ1n) is 34.2. The topological polar surface area (TPSA) is 78.9 Å². The minimum Gasteiger partial charge on any atom is -0.462 e. The van der Waals surface area contributed by atoms with Crippen molar-refractivity contribution in [3.8, 4) is 0 Å². The van der Waals surface area contributed by atoms with Crippen molar-refractivity contribution in [1.82, 2.24) is 0 Å². The molecule has 0 spiro atoms. The van der Waals surface area contributed by atoms with Gasteiger partial charge in [0, 0.05) is 19.3 Å². The number of hydrogen-bond acceptors (Lipinski definition) is 6. The molecule has 0 radical (unpaired) electrons. The maximum Gasteiger partial charge on any atom is 0.306 e. The van der Waals surface area contributed by atoms with E-state index in [1.807, 2.05) is 6.08 Å². The van der Waals surface area contributed by atoms with Crippen LogP contribution in [0, 0.1) is 0 Å². The van der Waals surface area contributed by atoms with Crippen LogP contribution in [0.5, 0.6) is 0 Å². The highest BCUT2D eigenvalue weighted by atomic mass is 16.6.